The molecule has 0 atom stereocenters. The van der Waals surface area contributed by atoms with E-state index in [9.17, 15) is 0 Å². The average molecular weight is 365 g/mol. The first kappa shape index (κ1) is 17.3. The van der Waals surface area contributed by atoms with Gasteiger partial charge in [0.05, 0.1) is 32.7 Å². The second kappa shape index (κ2) is 6.87. The summed E-state index contributed by atoms with van der Waals surface area (Å²) in [5, 5.41) is 8.39. The van der Waals surface area contributed by atoms with Gasteiger partial charge in [0.1, 0.15) is 5.82 Å². The number of fused-ring (bicyclic) bond motifs is 1. The zero-order valence-corrected chi connectivity index (χ0v) is 16.0. The van der Waals surface area contributed by atoms with Crippen LogP contribution >= 0.6 is 0 Å². The predicted molar refractivity (Wildman–Crippen MR) is 106 cm³/mol. The minimum Gasteiger partial charge on any atom is -0.493 e. The zero-order valence-electron chi connectivity index (χ0n) is 16.0. The molecule has 2 aromatic carbocycles. The summed E-state index contributed by atoms with van der Waals surface area (Å²) in [7, 11) is 4.85. The van der Waals surface area contributed by atoms with Crippen molar-refractivity contribution in [2.45, 2.75) is 13.3 Å². The van der Waals surface area contributed by atoms with Crippen molar-refractivity contribution in [1.29, 1.82) is 0 Å². The van der Waals surface area contributed by atoms with Crippen molar-refractivity contribution in [2.24, 2.45) is 0 Å². The smallest absolute Gasteiger partial charge is 0.203 e. The molecule has 1 aliphatic rings. The van der Waals surface area contributed by atoms with Crippen LogP contribution in [0.15, 0.2) is 36.4 Å². The molecule has 0 radical (unpaired) electrons. The van der Waals surface area contributed by atoms with E-state index < -0.39 is 0 Å². The van der Waals surface area contributed by atoms with E-state index in [4.69, 9.17) is 19.3 Å². The van der Waals surface area contributed by atoms with Gasteiger partial charge in [0.2, 0.25) is 5.75 Å². The molecule has 1 aromatic heterocycles. The Labute approximate surface area is 158 Å². The normalized spacial score (nSPS) is 12.4. The molecule has 0 bridgehead atoms. The molecule has 1 N–H and O–H groups in total. The van der Waals surface area contributed by atoms with Crippen molar-refractivity contribution in [3.8, 4) is 34.2 Å². The van der Waals surface area contributed by atoms with Gasteiger partial charge in [-0.15, -0.1) is 0 Å². The SMILES string of the molecule is COc1cc(-c2nn(-c3cccc(C)c3)c3c2CCN3)cc(OC)c1OC. The fourth-order valence-corrected chi connectivity index (χ4v) is 3.57. The van der Waals surface area contributed by atoms with Crippen LogP contribution in [0.1, 0.15) is 11.1 Å². The number of nitrogens with zero attached hydrogens (tertiary/aromatic N) is 2. The van der Waals surface area contributed by atoms with Gasteiger partial charge in [0.15, 0.2) is 11.5 Å². The quantitative estimate of drug-likeness (QED) is 0.744. The second-order valence-electron chi connectivity index (χ2n) is 6.52. The molecule has 2 heterocycles. The number of aryl methyl sites for hydroxylation is 1. The molecule has 6 heteroatoms. The van der Waals surface area contributed by atoms with Crippen molar-refractivity contribution < 1.29 is 14.2 Å². The summed E-state index contributed by atoms with van der Waals surface area (Å²) < 4.78 is 18.4. The Kier molecular flexibility index (Phi) is 4.39. The Morgan fingerprint density at radius 3 is 2.37 bits per heavy atom. The molecule has 0 aliphatic carbocycles. The fraction of sp³-hybridized carbons (Fsp3) is 0.286. The first-order valence-electron chi connectivity index (χ1n) is 8.89. The van der Waals surface area contributed by atoms with E-state index in [1.165, 1.54) is 11.1 Å². The molecule has 0 unspecified atom stereocenters. The van der Waals surface area contributed by atoms with Crippen LogP contribution in [0.2, 0.25) is 0 Å². The topological polar surface area (TPSA) is 57.5 Å². The van der Waals surface area contributed by atoms with E-state index in [2.05, 4.69) is 30.4 Å². The summed E-state index contributed by atoms with van der Waals surface area (Å²) in [6.45, 7) is 2.98. The van der Waals surface area contributed by atoms with Gasteiger partial charge in [-0.25, -0.2) is 4.68 Å². The molecule has 1 aliphatic heterocycles. The summed E-state index contributed by atoms with van der Waals surface area (Å²) in [5.41, 5.74) is 5.31. The monoisotopic (exact) mass is 365 g/mol. The van der Waals surface area contributed by atoms with Crippen LogP contribution in [-0.4, -0.2) is 37.7 Å². The van der Waals surface area contributed by atoms with E-state index in [0.29, 0.717) is 17.2 Å². The van der Waals surface area contributed by atoms with Gasteiger partial charge < -0.3 is 19.5 Å². The maximum absolute atomic E-state index is 5.51. The number of aromatic nitrogens is 2. The maximum atomic E-state index is 5.51. The molecule has 4 rings (SSSR count). The zero-order chi connectivity index (χ0) is 19.0. The average Bonchev–Trinajstić information content (AvgIpc) is 3.29. The van der Waals surface area contributed by atoms with Crippen molar-refractivity contribution in [2.75, 3.05) is 33.2 Å². The Balaban J connectivity index is 1.90. The van der Waals surface area contributed by atoms with Gasteiger partial charge in [-0.3, -0.25) is 0 Å². The lowest BCUT2D eigenvalue weighted by molar-refractivity contribution is 0.324. The standard InChI is InChI=1S/C21H23N3O3/c1-13-6-5-7-15(10-13)24-21-16(8-9-22-21)19(23-24)14-11-17(25-2)20(27-4)18(12-14)26-3/h5-7,10-12,22H,8-9H2,1-4H3. The van der Waals surface area contributed by atoms with E-state index in [1.807, 2.05) is 22.9 Å². The minimum absolute atomic E-state index is 0.580. The fourth-order valence-electron chi connectivity index (χ4n) is 3.57. The highest BCUT2D eigenvalue weighted by Gasteiger charge is 2.25. The lowest BCUT2D eigenvalue weighted by atomic mass is 10.1. The van der Waals surface area contributed by atoms with Crippen LogP contribution in [0.3, 0.4) is 0 Å². The van der Waals surface area contributed by atoms with Gasteiger partial charge in [0, 0.05) is 17.7 Å². The van der Waals surface area contributed by atoms with E-state index in [-0.39, 0.29) is 0 Å². The van der Waals surface area contributed by atoms with Crippen LogP contribution in [-0.2, 0) is 6.42 Å². The summed E-state index contributed by atoms with van der Waals surface area (Å²) in [4.78, 5) is 0. The highest BCUT2D eigenvalue weighted by Crippen LogP contribution is 2.43. The van der Waals surface area contributed by atoms with Crippen LogP contribution in [0.5, 0.6) is 17.2 Å². The molecule has 3 aromatic rings. The summed E-state index contributed by atoms with van der Waals surface area (Å²) in [6.07, 6.45) is 0.924. The molecule has 0 fully saturated rings. The number of hydrogen-bond donors (Lipinski definition) is 1. The Morgan fingerprint density at radius 2 is 1.74 bits per heavy atom. The lowest BCUT2D eigenvalue weighted by Crippen LogP contribution is -2.04. The lowest BCUT2D eigenvalue weighted by Gasteiger charge is -2.13. The molecular formula is C21H23N3O3. The number of hydrogen-bond acceptors (Lipinski definition) is 5. The molecule has 6 nitrogen and oxygen atoms in total. The second-order valence-corrected chi connectivity index (χ2v) is 6.52. The molecule has 0 saturated carbocycles. The predicted octanol–water partition coefficient (Wildman–Crippen LogP) is 3.84. The van der Waals surface area contributed by atoms with Crippen molar-refractivity contribution in [1.82, 2.24) is 9.78 Å². The van der Waals surface area contributed by atoms with Gasteiger partial charge in [-0.1, -0.05) is 12.1 Å². The Bertz CT molecular complexity index is 969. The molecule has 0 saturated heterocycles. The van der Waals surface area contributed by atoms with E-state index in [1.54, 1.807) is 21.3 Å². The van der Waals surface area contributed by atoms with Crippen LogP contribution < -0.4 is 19.5 Å². The molecule has 0 amide bonds. The molecule has 27 heavy (non-hydrogen) atoms. The maximum Gasteiger partial charge on any atom is 0.203 e. The molecule has 140 valence electrons. The summed E-state index contributed by atoms with van der Waals surface area (Å²) >= 11 is 0. The van der Waals surface area contributed by atoms with Crippen molar-refractivity contribution in [3.63, 3.8) is 0 Å². The number of methoxy groups -OCH3 is 3. The van der Waals surface area contributed by atoms with Gasteiger partial charge in [-0.05, 0) is 43.2 Å². The minimum atomic E-state index is 0.580. The highest BCUT2D eigenvalue weighted by atomic mass is 16.5. The van der Waals surface area contributed by atoms with E-state index in [0.717, 1.165) is 35.7 Å². The molecular weight excluding hydrogens is 342 g/mol. The Morgan fingerprint density at radius 1 is 1.00 bits per heavy atom. The third-order valence-electron chi connectivity index (χ3n) is 4.84. The van der Waals surface area contributed by atoms with E-state index >= 15 is 0 Å². The number of benzene rings is 2. The third-order valence-corrected chi connectivity index (χ3v) is 4.84. The number of ether oxygens (including phenoxy) is 3. The number of nitrogens with one attached hydrogen (secondary N) is 1. The first-order valence-corrected chi connectivity index (χ1v) is 8.89. The van der Waals surface area contributed by atoms with Crippen LogP contribution in [0, 0.1) is 6.92 Å². The number of anilines is 1. The van der Waals surface area contributed by atoms with Crippen molar-refractivity contribution >= 4 is 5.82 Å². The Hall–Kier alpha value is -3.15. The number of rotatable bonds is 5. The summed E-state index contributed by atoms with van der Waals surface area (Å²) in [5.74, 6) is 2.87. The largest absolute Gasteiger partial charge is 0.493 e. The van der Waals surface area contributed by atoms with Crippen LogP contribution in [0.4, 0.5) is 5.82 Å². The van der Waals surface area contributed by atoms with Gasteiger partial charge in [0.25, 0.3) is 0 Å². The highest BCUT2D eigenvalue weighted by molar-refractivity contribution is 5.76. The van der Waals surface area contributed by atoms with Crippen LogP contribution in [0.25, 0.3) is 16.9 Å². The summed E-state index contributed by atoms with van der Waals surface area (Å²) in [6, 6.07) is 12.2. The first-order chi connectivity index (χ1) is 13.2. The van der Waals surface area contributed by atoms with Gasteiger partial charge in [-0.2, -0.15) is 5.10 Å². The van der Waals surface area contributed by atoms with Gasteiger partial charge >= 0.3 is 0 Å². The molecule has 0 spiro atoms. The van der Waals surface area contributed by atoms with Crippen molar-refractivity contribution in [3.05, 3.63) is 47.5 Å². The third kappa shape index (κ3) is 2.87.